The number of nitrogens with zero attached hydrogens (tertiary/aromatic N) is 6. The van der Waals surface area contributed by atoms with Gasteiger partial charge >= 0.3 is 20.4 Å². The van der Waals surface area contributed by atoms with Crippen molar-refractivity contribution in [1.29, 1.82) is 0 Å². The molecule has 8 nitrogen and oxygen atoms in total. The predicted molar refractivity (Wildman–Crippen MR) is 126 cm³/mol. The first-order valence-corrected chi connectivity index (χ1v) is 10.7. The third-order valence-corrected chi connectivity index (χ3v) is 5.23. The molecule has 4 aromatic carbocycles. The normalized spacial score (nSPS) is 10.6. The molecule has 176 valence electrons. The first-order chi connectivity index (χ1) is 16.5. The van der Waals surface area contributed by atoms with Gasteiger partial charge in [0.25, 0.3) is 0 Å². The number of hydrogen-bond donors (Lipinski definition) is 0. The first-order valence-electron chi connectivity index (χ1n) is 10.7. The van der Waals surface area contributed by atoms with E-state index in [0.29, 0.717) is 11.4 Å². The summed E-state index contributed by atoms with van der Waals surface area (Å²) in [7, 11) is 0. The van der Waals surface area contributed by atoms with E-state index < -0.39 is 0 Å². The minimum Gasteiger partial charge on any atom is -0.871 e. The predicted octanol–water partition coefficient (Wildman–Crippen LogP) is 3.60. The largest absolute Gasteiger partial charge is 2.00 e. The number of benzene rings is 4. The van der Waals surface area contributed by atoms with Crippen LogP contribution in [0.3, 0.4) is 0 Å². The summed E-state index contributed by atoms with van der Waals surface area (Å²) >= 11 is 0. The monoisotopic (exact) mass is 554 g/mol. The van der Waals surface area contributed by atoms with Crippen LogP contribution in [0.15, 0.2) is 84.9 Å². The van der Waals surface area contributed by atoms with Crippen LogP contribution < -0.4 is 10.2 Å². The molecule has 0 aliphatic carbocycles. The minimum atomic E-state index is -0.0732. The maximum absolute atomic E-state index is 11.7. The summed E-state index contributed by atoms with van der Waals surface area (Å²) in [6, 6.07) is 25.3. The molecule has 0 saturated heterocycles. The Hall–Kier alpha value is -4.06. The van der Waals surface area contributed by atoms with Gasteiger partial charge in [0, 0.05) is 0 Å². The maximum atomic E-state index is 11.7. The molecule has 0 saturated carbocycles. The molecule has 0 amide bonds. The van der Waals surface area contributed by atoms with Crippen molar-refractivity contribution < 1.29 is 30.6 Å². The zero-order valence-corrected chi connectivity index (χ0v) is 20.5. The molecule has 0 spiro atoms. The van der Waals surface area contributed by atoms with Gasteiger partial charge in [-0.05, 0) is 61.4 Å². The van der Waals surface area contributed by atoms with Crippen LogP contribution in [0, 0.1) is 13.8 Å². The van der Waals surface area contributed by atoms with Crippen LogP contribution in [0.1, 0.15) is 11.1 Å². The summed E-state index contributed by atoms with van der Waals surface area (Å²) in [4.78, 5) is 2.81. The molecule has 6 aromatic rings. The summed E-state index contributed by atoms with van der Waals surface area (Å²) in [6.45, 7) is 3.87. The van der Waals surface area contributed by atoms with Crippen molar-refractivity contribution in [2.75, 3.05) is 0 Å². The van der Waals surface area contributed by atoms with E-state index in [1.54, 1.807) is 36.4 Å². The number of fused-ring (bicyclic) bond motifs is 2. The Morgan fingerprint density at radius 2 is 0.829 bits per heavy atom. The topological polar surface area (TPSA) is 108 Å². The second kappa shape index (κ2) is 10.1. The van der Waals surface area contributed by atoms with Crippen molar-refractivity contribution in [3.05, 3.63) is 96.1 Å². The van der Waals surface area contributed by atoms with Gasteiger partial charge in [-0.3, -0.25) is 0 Å². The third kappa shape index (κ3) is 5.06. The maximum Gasteiger partial charge on any atom is 2.00 e. The van der Waals surface area contributed by atoms with E-state index in [1.165, 1.54) is 9.59 Å². The average molecular weight is 555 g/mol. The van der Waals surface area contributed by atoms with E-state index in [0.717, 1.165) is 33.2 Å². The minimum absolute atomic E-state index is 0. The average Bonchev–Trinajstić information content (AvgIpc) is 3.47. The van der Waals surface area contributed by atoms with E-state index in [9.17, 15) is 10.2 Å². The Morgan fingerprint density at radius 3 is 1.14 bits per heavy atom. The van der Waals surface area contributed by atoms with Crippen molar-refractivity contribution in [3.8, 4) is 22.9 Å². The van der Waals surface area contributed by atoms with Crippen LogP contribution in [0.2, 0.25) is 0 Å². The van der Waals surface area contributed by atoms with Crippen LogP contribution in [0.4, 0.5) is 0 Å². The van der Waals surface area contributed by atoms with Crippen LogP contribution in [-0.2, 0) is 20.4 Å². The summed E-state index contributed by atoms with van der Waals surface area (Å²) < 4.78 is 0. The van der Waals surface area contributed by atoms with Crippen molar-refractivity contribution in [2.24, 2.45) is 0 Å². The molecule has 9 heteroatoms. The van der Waals surface area contributed by atoms with Crippen LogP contribution in [-0.4, -0.2) is 30.0 Å². The van der Waals surface area contributed by atoms with E-state index in [1.807, 2.05) is 62.4 Å². The number of hydrogen-bond acceptors (Lipinski definition) is 6. The number of aromatic nitrogens is 6. The van der Waals surface area contributed by atoms with Crippen molar-refractivity contribution in [2.45, 2.75) is 13.8 Å². The molecule has 0 bridgehead atoms. The fraction of sp³-hybridized carbons (Fsp3) is 0.0769. The Morgan fingerprint density at radius 1 is 0.514 bits per heavy atom. The molecule has 0 N–H and O–H groups in total. The van der Waals surface area contributed by atoms with Crippen molar-refractivity contribution in [1.82, 2.24) is 30.0 Å². The Balaban J connectivity index is 0.000000160. The molecule has 0 atom stereocenters. The van der Waals surface area contributed by atoms with Gasteiger partial charge in [0.1, 0.15) is 22.1 Å². The second-order valence-corrected chi connectivity index (χ2v) is 7.90. The van der Waals surface area contributed by atoms with Crippen molar-refractivity contribution in [3.63, 3.8) is 0 Å². The molecule has 35 heavy (non-hydrogen) atoms. The van der Waals surface area contributed by atoms with Gasteiger partial charge in [-0.15, -0.1) is 20.4 Å². The van der Waals surface area contributed by atoms with Gasteiger partial charge in [-0.1, -0.05) is 60.0 Å². The molecule has 6 rings (SSSR count). The van der Waals surface area contributed by atoms with Gasteiger partial charge < -0.3 is 10.2 Å². The molecule has 2 aromatic heterocycles. The second-order valence-electron chi connectivity index (χ2n) is 7.90. The van der Waals surface area contributed by atoms with Gasteiger partial charge in [-0.25, -0.2) is 0 Å². The summed E-state index contributed by atoms with van der Waals surface area (Å²) in [5, 5.41) is 40.7. The van der Waals surface area contributed by atoms with Gasteiger partial charge in [-0.2, -0.15) is 9.59 Å². The SMILES string of the molecule is Cc1ccc([O-])c(-n2nc3ccccc3n2)c1.Cc1ccc([O-])c(-n2nc3ccccc3n2)c1.[Pd+2]. The Kier molecular flexibility index (Phi) is 6.92. The molecule has 0 unspecified atom stereocenters. The zero-order chi connectivity index (χ0) is 23.7. The summed E-state index contributed by atoms with van der Waals surface area (Å²) in [6.07, 6.45) is 0. The van der Waals surface area contributed by atoms with Gasteiger partial charge in [0.2, 0.25) is 0 Å². The van der Waals surface area contributed by atoms with E-state index in [4.69, 9.17) is 0 Å². The number of rotatable bonds is 2. The van der Waals surface area contributed by atoms with Crippen molar-refractivity contribution >= 4 is 22.1 Å². The fourth-order valence-corrected chi connectivity index (χ4v) is 3.50. The van der Waals surface area contributed by atoms with Gasteiger partial charge in [0.05, 0.1) is 11.4 Å². The fourth-order valence-electron chi connectivity index (χ4n) is 3.50. The van der Waals surface area contributed by atoms with Gasteiger partial charge in [0.15, 0.2) is 0 Å². The molecule has 0 aliphatic heterocycles. The van der Waals surface area contributed by atoms with Crippen LogP contribution >= 0.6 is 0 Å². The molecule has 0 radical (unpaired) electrons. The number of aryl methyl sites for hydroxylation is 2. The van der Waals surface area contributed by atoms with Crippen LogP contribution in [0.5, 0.6) is 11.5 Å². The molecule has 0 fully saturated rings. The molecule has 2 heterocycles. The Bertz CT molecular complexity index is 1440. The van der Waals surface area contributed by atoms with Crippen LogP contribution in [0.25, 0.3) is 33.4 Å². The third-order valence-electron chi connectivity index (χ3n) is 5.23. The van der Waals surface area contributed by atoms with E-state index >= 15 is 0 Å². The molecular formula is C26H20N6O2Pd. The van der Waals surface area contributed by atoms with E-state index in [2.05, 4.69) is 20.4 Å². The summed E-state index contributed by atoms with van der Waals surface area (Å²) in [5.41, 5.74) is 6.15. The summed E-state index contributed by atoms with van der Waals surface area (Å²) in [5.74, 6) is -0.146. The Labute approximate surface area is 215 Å². The zero-order valence-electron chi connectivity index (χ0n) is 18.9. The van der Waals surface area contributed by atoms with E-state index in [-0.39, 0.29) is 31.9 Å². The molecular weight excluding hydrogens is 535 g/mol. The smallest absolute Gasteiger partial charge is 0.871 e. The standard InChI is InChI=1S/2C13H11N3O.Pd/c2*1-9-6-7-13(17)12(8-9)16-14-10-4-2-3-5-11(10)15-16;/h2*2-8,17H,1H3;/q;;+2/p-2. The first kappa shape index (κ1) is 24.1. The molecule has 0 aliphatic rings. The quantitative estimate of drug-likeness (QED) is 0.303.